The van der Waals surface area contributed by atoms with Gasteiger partial charge in [0, 0.05) is 37.6 Å². The summed E-state index contributed by atoms with van der Waals surface area (Å²) in [7, 11) is 0. The first-order valence-corrected chi connectivity index (χ1v) is 18.9. The lowest BCUT2D eigenvalue weighted by molar-refractivity contribution is -0.328. The van der Waals surface area contributed by atoms with E-state index in [0.29, 0.717) is 30.5 Å². The van der Waals surface area contributed by atoms with Gasteiger partial charge in [0.15, 0.2) is 23.6 Å². The molecule has 0 unspecified atom stereocenters. The third kappa shape index (κ3) is 6.29. The van der Waals surface area contributed by atoms with E-state index in [2.05, 4.69) is 5.32 Å². The van der Waals surface area contributed by atoms with E-state index >= 15 is 4.79 Å². The third-order valence-corrected chi connectivity index (χ3v) is 13.2. The Kier molecular flexibility index (Phi) is 9.92. The molecule has 0 radical (unpaired) electrons. The first-order chi connectivity index (χ1) is 25.5. The summed E-state index contributed by atoms with van der Waals surface area (Å²) >= 11 is 0. The van der Waals surface area contributed by atoms with Gasteiger partial charge in [-0.15, -0.1) is 0 Å². The van der Waals surface area contributed by atoms with Crippen molar-refractivity contribution in [1.82, 2.24) is 5.32 Å². The number of carbonyl (C=O) groups is 4. The predicted molar refractivity (Wildman–Crippen MR) is 193 cm³/mol. The number of fused-ring (bicyclic) bond motifs is 5. The number of aliphatic hydroxyl groups excluding tert-OH is 2. The smallest absolute Gasteiger partial charge is 0.337 e. The van der Waals surface area contributed by atoms with Gasteiger partial charge in [-0.05, 0) is 55.4 Å². The van der Waals surface area contributed by atoms with E-state index < -0.39 is 88.2 Å². The molecular weight excluding hydrogens is 694 g/mol. The highest BCUT2D eigenvalue weighted by Gasteiger charge is 2.74. The van der Waals surface area contributed by atoms with E-state index in [0.717, 1.165) is 5.56 Å². The maximum absolute atomic E-state index is 15.1. The maximum atomic E-state index is 15.1. The van der Waals surface area contributed by atoms with Crippen LogP contribution in [0, 0.1) is 22.7 Å². The number of aliphatic hydroxyl groups is 3. The van der Waals surface area contributed by atoms with Crippen LogP contribution >= 0.6 is 0 Å². The van der Waals surface area contributed by atoms with Crippen LogP contribution in [0.3, 0.4) is 0 Å². The van der Waals surface area contributed by atoms with Crippen LogP contribution in [0.4, 0.5) is 0 Å². The Morgan fingerprint density at radius 3 is 2.22 bits per heavy atom. The van der Waals surface area contributed by atoms with E-state index in [4.69, 9.17) is 18.9 Å². The number of Topliss-reactive ketones (excluding diaryl/α,β-unsaturated/α-hetero) is 1. The van der Waals surface area contributed by atoms with Gasteiger partial charge < -0.3 is 39.6 Å². The Bertz CT molecular complexity index is 1830. The van der Waals surface area contributed by atoms with Crippen molar-refractivity contribution in [3.05, 3.63) is 82.9 Å². The van der Waals surface area contributed by atoms with Gasteiger partial charge in [0.25, 0.3) is 0 Å². The van der Waals surface area contributed by atoms with Gasteiger partial charge in [0.1, 0.15) is 12.2 Å². The second kappa shape index (κ2) is 14.0. The molecule has 0 amide bonds. The molecule has 4 fully saturated rings. The number of ether oxygens (including phenoxy) is 4. The molecule has 4 aliphatic carbocycles. The third-order valence-electron chi connectivity index (χ3n) is 13.2. The first kappa shape index (κ1) is 38.3. The number of rotatable bonds is 10. The van der Waals surface area contributed by atoms with Crippen LogP contribution in [0.1, 0.15) is 83.9 Å². The number of esters is 3. The summed E-state index contributed by atoms with van der Waals surface area (Å²) in [5, 5.41) is 39.7. The molecule has 0 spiro atoms. The molecule has 0 aromatic heterocycles. The summed E-state index contributed by atoms with van der Waals surface area (Å²) in [6.45, 7) is 8.25. The van der Waals surface area contributed by atoms with Crippen LogP contribution in [0.25, 0.3) is 0 Å². The Hall–Kier alpha value is -3.94. The van der Waals surface area contributed by atoms with E-state index in [1.807, 2.05) is 36.4 Å². The average molecular weight is 746 g/mol. The second-order valence-electron chi connectivity index (χ2n) is 16.7. The normalized spacial score (nSPS) is 35.2. The second-order valence-corrected chi connectivity index (χ2v) is 16.7. The minimum Gasteiger partial charge on any atom is -0.456 e. The fraction of sp³-hybridized carbons (Fsp3) is 0.571. The molecule has 1 saturated heterocycles. The molecule has 2 bridgehead atoms. The first-order valence-electron chi connectivity index (χ1n) is 18.9. The molecule has 12 nitrogen and oxygen atoms in total. The van der Waals surface area contributed by atoms with Crippen molar-refractivity contribution in [3.63, 3.8) is 0 Å². The molecule has 1 aliphatic heterocycles. The Morgan fingerprint density at radius 2 is 1.63 bits per heavy atom. The summed E-state index contributed by atoms with van der Waals surface area (Å²) in [5.74, 6) is -3.95. The SMILES string of the molecule is CC(=O)O[C@H]1C(=O)[C@@]2(C)[C@H](C[C@]3(O)C[C@H](OC(=O)[C@H](O)[C@@H](NCc4ccccc4)c4ccccc4)C(C)=C1C3(C)C)[C@]1(OC(=O)C3CC3)CO[C@@H]1C[C@@H]2O. The Labute approximate surface area is 315 Å². The number of nitrogens with one attached hydrogen (secondary N) is 1. The summed E-state index contributed by atoms with van der Waals surface area (Å²) in [6.07, 6.45) is -5.30. The topological polar surface area (TPSA) is 178 Å². The van der Waals surface area contributed by atoms with Crippen molar-refractivity contribution in [2.24, 2.45) is 22.7 Å². The zero-order chi connectivity index (χ0) is 38.8. The fourth-order valence-electron chi connectivity index (χ4n) is 9.53. The maximum Gasteiger partial charge on any atom is 0.337 e. The summed E-state index contributed by atoms with van der Waals surface area (Å²) in [6, 6.07) is 17.7. The predicted octanol–water partition coefficient (Wildman–Crippen LogP) is 3.65. The summed E-state index contributed by atoms with van der Waals surface area (Å²) in [5.41, 5.74) is -3.73. The molecule has 5 aliphatic rings. The van der Waals surface area contributed by atoms with Crippen molar-refractivity contribution in [2.45, 2.75) is 121 Å². The van der Waals surface area contributed by atoms with Crippen molar-refractivity contribution >= 4 is 23.7 Å². The molecule has 7 rings (SSSR count). The van der Waals surface area contributed by atoms with E-state index in [1.165, 1.54) is 6.92 Å². The lowest BCUT2D eigenvalue weighted by Gasteiger charge is -2.65. The zero-order valence-electron chi connectivity index (χ0n) is 31.4. The van der Waals surface area contributed by atoms with Crippen molar-refractivity contribution < 1.29 is 53.4 Å². The van der Waals surface area contributed by atoms with Crippen LogP contribution in [0.5, 0.6) is 0 Å². The number of carbonyl (C=O) groups excluding carboxylic acids is 4. The van der Waals surface area contributed by atoms with Crippen LogP contribution in [0.2, 0.25) is 0 Å². The number of ketones is 1. The summed E-state index contributed by atoms with van der Waals surface area (Å²) in [4.78, 5) is 55.2. The largest absolute Gasteiger partial charge is 0.456 e. The number of hydrogen-bond donors (Lipinski definition) is 4. The van der Waals surface area contributed by atoms with Gasteiger partial charge in [-0.3, -0.25) is 14.4 Å². The molecule has 290 valence electrons. The van der Waals surface area contributed by atoms with Crippen molar-refractivity contribution in [1.29, 1.82) is 0 Å². The highest BCUT2D eigenvalue weighted by atomic mass is 16.6. The lowest BCUT2D eigenvalue weighted by atomic mass is 9.46. The molecule has 4 N–H and O–H groups in total. The average Bonchev–Trinajstić information content (AvgIpc) is 3.99. The van der Waals surface area contributed by atoms with Gasteiger partial charge in [0.2, 0.25) is 0 Å². The zero-order valence-corrected chi connectivity index (χ0v) is 31.4. The lowest BCUT2D eigenvalue weighted by Crippen LogP contribution is -2.77. The molecule has 3 saturated carbocycles. The quantitative estimate of drug-likeness (QED) is 0.158. The molecule has 1 heterocycles. The Morgan fingerprint density at radius 1 is 0.981 bits per heavy atom. The Balaban J connectivity index is 1.27. The molecule has 12 heteroatoms. The monoisotopic (exact) mass is 745 g/mol. The van der Waals surface area contributed by atoms with Crippen LogP contribution in [0.15, 0.2) is 71.8 Å². The molecule has 10 atom stereocenters. The fourth-order valence-corrected chi connectivity index (χ4v) is 9.53. The molecule has 54 heavy (non-hydrogen) atoms. The standard InChI is InChI=1S/C42H51NO11/c1-23-28(53-38(49)34(46)33(26-14-10-7-11-15-26)43-21-25-12-8-6-9-13-25)19-41(50)20-29-40(5,36(47)35(52-24(2)44)32(23)39(41,3)4)30(45)18-31-42(29,22-51-31)54-37(48)27-16-17-27/h6-15,27-31,33-35,43,45-46,50H,16-22H2,1-5H3/t28-,29-,30-,31+,33-,34+,35+,40-,41+,42+/m0/s1. The highest BCUT2D eigenvalue weighted by Crippen LogP contribution is 2.64. The van der Waals surface area contributed by atoms with E-state index in [1.54, 1.807) is 52.0 Å². The van der Waals surface area contributed by atoms with E-state index in [-0.39, 0.29) is 37.4 Å². The van der Waals surface area contributed by atoms with Crippen LogP contribution in [-0.2, 0) is 44.7 Å². The van der Waals surface area contributed by atoms with Gasteiger partial charge >= 0.3 is 17.9 Å². The molecule has 2 aromatic rings. The van der Waals surface area contributed by atoms with Crippen LogP contribution < -0.4 is 5.32 Å². The van der Waals surface area contributed by atoms with Crippen LogP contribution in [-0.4, -0.2) is 87.3 Å². The van der Waals surface area contributed by atoms with Gasteiger partial charge in [-0.2, -0.15) is 0 Å². The van der Waals surface area contributed by atoms with E-state index in [9.17, 15) is 29.7 Å². The minimum absolute atomic E-state index is 0.00233. The highest BCUT2D eigenvalue weighted by molar-refractivity contribution is 5.95. The molecular formula is C42H51NO11. The summed E-state index contributed by atoms with van der Waals surface area (Å²) < 4.78 is 24.1. The van der Waals surface area contributed by atoms with Gasteiger partial charge in [-0.1, -0.05) is 74.5 Å². The van der Waals surface area contributed by atoms with Gasteiger partial charge in [0.05, 0.1) is 35.7 Å². The number of benzene rings is 2. The molecule has 2 aromatic carbocycles. The minimum atomic E-state index is -1.76. The van der Waals surface area contributed by atoms with Crippen molar-refractivity contribution in [2.75, 3.05) is 6.61 Å². The van der Waals surface area contributed by atoms with Crippen molar-refractivity contribution in [3.8, 4) is 0 Å². The van der Waals surface area contributed by atoms with Gasteiger partial charge in [-0.25, -0.2) is 4.79 Å². The number of hydrogen-bond acceptors (Lipinski definition) is 12.